The minimum Gasteiger partial charge on any atom is -0.356 e. The van der Waals surface area contributed by atoms with Crippen LogP contribution in [0.3, 0.4) is 0 Å². The van der Waals surface area contributed by atoms with Crippen molar-refractivity contribution in [1.82, 2.24) is 9.55 Å². The van der Waals surface area contributed by atoms with Gasteiger partial charge >= 0.3 is 0 Å². The summed E-state index contributed by atoms with van der Waals surface area (Å²) < 4.78 is 16.5. The van der Waals surface area contributed by atoms with Gasteiger partial charge in [0.1, 0.15) is 17.2 Å². The van der Waals surface area contributed by atoms with Crippen LogP contribution in [0, 0.1) is 5.82 Å². The molecule has 1 aliphatic rings. The first-order chi connectivity index (χ1) is 9.20. The van der Waals surface area contributed by atoms with E-state index in [9.17, 15) is 9.18 Å². The highest BCUT2D eigenvalue weighted by Gasteiger charge is 2.22. The number of anilines is 1. The number of halogens is 2. The van der Waals surface area contributed by atoms with Gasteiger partial charge in [-0.05, 0) is 24.6 Å². The highest BCUT2D eigenvalue weighted by molar-refractivity contribution is 9.10. The van der Waals surface area contributed by atoms with Gasteiger partial charge in [0.2, 0.25) is 5.95 Å². The van der Waals surface area contributed by atoms with Crippen molar-refractivity contribution in [3.63, 3.8) is 0 Å². The third-order valence-electron chi connectivity index (χ3n) is 3.14. The summed E-state index contributed by atoms with van der Waals surface area (Å²) in [6, 6.07) is 4.62. The highest BCUT2D eigenvalue weighted by atomic mass is 79.9. The van der Waals surface area contributed by atoms with Gasteiger partial charge in [0.05, 0.1) is 0 Å². The molecule has 0 aliphatic carbocycles. The second-order valence-electron chi connectivity index (χ2n) is 4.34. The molecular weight excluding hydrogens is 313 g/mol. The molecule has 1 aliphatic heterocycles. The predicted molar refractivity (Wildman–Crippen MR) is 73.8 cm³/mol. The van der Waals surface area contributed by atoms with E-state index < -0.39 is 0 Å². The lowest BCUT2D eigenvalue weighted by atomic mass is 10.1. The number of rotatable bonds is 2. The van der Waals surface area contributed by atoms with E-state index in [1.165, 1.54) is 6.07 Å². The van der Waals surface area contributed by atoms with Crippen molar-refractivity contribution < 1.29 is 9.18 Å². The SMILES string of the molecule is O=Cc1c(-c2cc(Br)ccc2F)nc2n1CCCN2. The Morgan fingerprint density at radius 1 is 1.47 bits per heavy atom. The molecule has 0 radical (unpaired) electrons. The molecule has 0 saturated heterocycles. The minimum absolute atomic E-state index is 0.333. The molecular formula is C13H11BrFN3O. The molecule has 0 spiro atoms. The summed E-state index contributed by atoms with van der Waals surface area (Å²) in [5.41, 5.74) is 1.14. The number of carbonyl (C=O) groups excluding carboxylic acids is 1. The first-order valence-electron chi connectivity index (χ1n) is 5.95. The van der Waals surface area contributed by atoms with E-state index in [1.807, 2.05) is 0 Å². The second-order valence-corrected chi connectivity index (χ2v) is 5.26. The lowest BCUT2D eigenvalue weighted by Crippen LogP contribution is -2.18. The fraction of sp³-hybridized carbons (Fsp3) is 0.231. The molecule has 6 heteroatoms. The lowest BCUT2D eigenvalue weighted by molar-refractivity contribution is 0.111. The topological polar surface area (TPSA) is 46.9 Å². The number of hydrogen-bond donors (Lipinski definition) is 1. The summed E-state index contributed by atoms with van der Waals surface area (Å²) in [5, 5.41) is 3.12. The average molecular weight is 324 g/mol. The lowest BCUT2D eigenvalue weighted by Gasteiger charge is -2.15. The number of imidazole rings is 1. The van der Waals surface area contributed by atoms with Crippen LogP contribution in [0.15, 0.2) is 22.7 Å². The number of aromatic nitrogens is 2. The second kappa shape index (κ2) is 4.77. The van der Waals surface area contributed by atoms with Crippen LogP contribution >= 0.6 is 15.9 Å². The first kappa shape index (κ1) is 12.3. The van der Waals surface area contributed by atoms with Gasteiger partial charge in [0, 0.05) is 23.1 Å². The van der Waals surface area contributed by atoms with Crippen LogP contribution in [0.5, 0.6) is 0 Å². The van der Waals surface area contributed by atoms with Gasteiger partial charge in [-0.25, -0.2) is 9.37 Å². The number of hydrogen-bond acceptors (Lipinski definition) is 3. The number of nitrogens with one attached hydrogen (secondary N) is 1. The van der Waals surface area contributed by atoms with Crippen LogP contribution in [0.25, 0.3) is 11.3 Å². The average Bonchev–Trinajstić information content (AvgIpc) is 2.79. The molecule has 4 nitrogen and oxygen atoms in total. The van der Waals surface area contributed by atoms with Gasteiger partial charge in [-0.2, -0.15) is 0 Å². The number of fused-ring (bicyclic) bond motifs is 1. The van der Waals surface area contributed by atoms with E-state index in [0.29, 0.717) is 22.9 Å². The van der Waals surface area contributed by atoms with Crippen LogP contribution in [0.4, 0.5) is 10.3 Å². The fourth-order valence-electron chi connectivity index (χ4n) is 2.26. The maximum absolute atomic E-state index is 13.9. The Morgan fingerprint density at radius 3 is 3.11 bits per heavy atom. The minimum atomic E-state index is -0.387. The molecule has 3 rings (SSSR count). The van der Waals surface area contributed by atoms with Crippen LogP contribution < -0.4 is 5.32 Å². The van der Waals surface area contributed by atoms with Gasteiger partial charge in [0.15, 0.2) is 6.29 Å². The Bertz CT molecular complexity index is 654. The Balaban J connectivity index is 2.22. The van der Waals surface area contributed by atoms with Crippen molar-refractivity contribution in [2.24, 2.45) is 0 Å². The Kier molecular flexibility index (Phi) is 3.10. The maximum Gasteiger partial charge on any atom is 0.203 e. The number of benzene rings is 1. The monoisotopic (exact) mass is 323 g/mol. The van der Waals surface area contributed by atoms with Gasteiger partial charge in [-0.15, -0.1) is 0 Å². The molecule has 1 aromatic heterocycles. The molecule has 0 bridgehead atoms. The molecule has 1 N–H and O–H groups in total. The summed E-state index contributed by atoms with van der Waals surface area (Å²) in [5.74, 6) is 0.240. The smallest absolute Gasteiger partial charge is 0.203 e. The van der Waals surface area contributed by atoms with Gasteiger partial charge in [-0.1, -0.05) is 15.9 Å². The van der Waals surface area contributed by atoms with Crippen molar-refractivity contribution in [2.45, 2.75) is 13.0 Å². The molecule has 19 heavy (non-hydrogen) atoms. The van der Waals surface area contributed by atoms with E-state index >= 15 is 0 Å². The molecule has 98 valence electrons. The largest absolute Gasteiger partial charge is 0.356 e. The van der Waals surface area contributed by atoms with Crippen molar-refractivity contribution in [1.29, 1.82) is 0 Å². The normalized spacial score (nSPS) is 13.8. The molecule has 0 amide bonds. The third kappa shape index (κ3) is 2.06. The standard InChI is InChI=1S/C13H11BrFN3O/c14-8-2-3-10(15)9(6-8)12-11(7-19)18-5-1-4-16-13(18)17-12/h2-3,6-7H,1,4-5H2,(H,16,17). The van der Waals surface area contributed by atoms with E-state index in [1.54, 1.807) is 16.7 Å². The maximum atomic E-state index is 13.9. The molecule has 0 fully saturated rings. The summed E-state index contributed by atoms with van der Waals surface area (Å²) in [6.07, 6.45) is 1.66. The van der Waals surface area contributed by atoms with Crippen LogP contribution in [0.2, 0.25) is 0 Å². The van der Waals surface area contributed by atoms with Crippen molar-refractivity contribution in [3.05, 3.63) is 34.2 Å². The number of carbonyl (C=O) groups is 1. The summed E-state index contributed by atoms with van der Waals surface area (Å²) in [4.78, 5) is 15.7. The van der Waals surface area contributed by atoms with Gasteiger partial charge in [0.25, 0.3) is 0 Å². The number of aldehydes is 1. The van der Waals surface area contributed by atoms with Gasteiger partial charge in [-0.3, -0.25) is 4.79 Å². The van der Waals surface area contributed by atoms with E-state index in [2.05, 4.69) is 26.2 Å². The van der Waals surface area contributed by atoms with Crippen molar-refractivity contribution >= 4 is 28.2 Å². The Labute approximate surface area is 117 Å². The summed E-state index contributed by atoms with van der Waals surface area (Å²) in [7, 11) is 0. The number of nitrogens with zero attached hydrogens (tertiary/aromatic N) is 2. The molecule has 0 atom stereocenters. The van der Waals surface area contributed by atoms with E-state index in [4.69, 9.17) is 0 Å². The molecule has 1 aromatic carbocycles. The molecule has 0 unspecified atom stereocenters. The van der Waals surface area contributed by atoms with Crippen LogP contribution in [-0.4, -0.2) is 22.4 Å². The zero-order valence-corrected chi connectivity index (χ0v) is 11.6. The molecule has 2 aromatic rings. The third-order valence-corrected chi connectivity index (χ3v) is 3.64. The zero-order valence-electron chi connectivity index (χ0n) is 9.99. The Morgan fingerprint density at radius 2 is 2.32 bits per heavy atom. The zero-order chi connectivity index (χ0) is 13.4. The molecule has 2 heterocycles. The van der Waals surface area contributed by atoms with E-state index in [0.717, 1.165) is 30.3 Å². The fourth-order valence-corrected chi connectivity index (χ4v) is 2.62. The molecule has 0 saturated carbocycles. The highest BCUT2D eigenvalue weighted by Crippen LogP contribution is 2.31. The first-order valence-corrected chi connectivity index (χ1v) is 6.75. The predicted octanol–water partition coefficient (Wildman–Crippen LogP) is 3.08. The summed E-state index contributed by atoms with van der Waals surface area (Å²) >= 11 is 3.31. The van der Waals surface area contributed by atoms with Crippen LogP contribution in [-0.2, 0) is 6.54 Å². The summed E-state index contributed by atoms with van der Waals surface area (Å²) in [6.45, 7) is 1.54. The van der Waals surface area contributed by atoms with Gasteiger partial charge < -0.3 is 9.88 Å². The quantitative estimate of drug-likeness (QED) is 0.864. The van der Waals surface area contributed by atoms with Crippen molar-refractivity contribution in [3.8, 4) is 11.3 Å². The van der Waals surface area contributed by atoms with Crippen LogP contribution in [0.1, 0.15) is 16.9 Å². The Hall–Kier alpha value is -1.69. The van der Waals surface area contributed by atoms with E-state index in [-0.39, 0.29) is 5.82 Å². The van der Waals surface area contributed by atoms with Crippen molar-refractivity contribution in [2.75, 3.05) is 11.9 Å².